The molecule has 0 fully saturated rings. The third kappa shape index (κ3) is 5.58. The summed E-state index contributed by atoms with van der Waals surface area (Å²) in [6.45, 7) is 0. The van der Waals surface area contributed by atoms with E-state index in [0.717, 1.165) is 11.1 Å². The minimum Gasteiger partial charge on any atom is -0.453 e. The lowest BCUT2D eigenvalue weighted by Gasteiger charge is -2.19. The van der Waals surface area contributed by atoms with Crippen molar-refractivity contribution in [3.63, 3.8) is 0 Å². The van der Waals surface area contributed by atoms with Gasteiger partial charge in [-0.25, -0.2) is 0 Å². The van der Waals surface area contributed by atoms with Gasteiger partial charge >= 0.3 is 5.97 Å². The first kappa shape index (κ1) is 16.7. The third-order valence-electron chi connectivity index (χ3n) is 3.51. The summed E-state index contributed by atoms with van der Waals surface area (Å²) < 4.78 is 5.67. The van der Waals surface area contributed by atoms with Crippen molar-refractivity contribution in [1.82, 2.24) is 0 Å². The van der Waals surface area contributed by atoms with Crippen LogP contribution in [-0.4, -0.2) is 11.9 Å². The van der Waals surface area contributed by atoms with Crippen LogP contribution in [-0.2, 0) is 14.3 Å². The number of ether oxygens (including phenoxy) is 1. The average Bonchev–Trinajstić information content (AvgIpc) is 2.58. The molecule has 120 valence electrons. The van der Waals surface area contributed by atoms with E-state index in [1.54, 1.807) is 0 Å². The van der Waals surface area contributed by atoms with Crippen LogP contribution in [0.3, 0.4) is 0 Å². The maximum absolute atomic E-state index is 12.1. The largest absolute Gasteiger partial charge is 0.453 e. The first-order chi connectivity index (χ1) is 11.2. The van der Waals surface area contributed by atoms with Gasteiger partial charge in [0.15, 0.2) is 6.10 Å². The summed E-state index contributed by atoms with van der Waals surface area (Å²) in [7, 11) is 0. The summed E-state index contributed by atoms with van der Waals surface area (Å²) in [6.07, 6.45) is 1.36. The molecule has 0 spiro atoms. The van der Waals surface area contributed by atoms with Gasteiger partial charge in [0.05, 0.1) is 0 Å². The Balaban J connectivity index is 2.01. The molecule has 0 aliphatic heterocycles. The molecule has 0 saturated heterocycles. The molecular formula is C19H21NO3. The van der Waals surface area contributed by atoms with Crippen LogP contribution in [0.1, 0.15) is 42.9 Å². The molecule has 0 aromatic heterocycles. The van der Waals surface area contributed by atoms with Gasteiger partial charge in [0.1, 0.15) is 0 Å². The predicted molar refractivity (Wildman–Crippen MR) is 88.5 cm³/mol. The number of carbonyl (C=O) groups is 2. The highest BCUT2D eigenvalue weighted by molar-refractivity contribution is 5.74. The summed E-state index contributed by atoms with van der Waals surface area (Å²) in [6, 6.07) is 19.3. The topological polar surface area (TPSA) is 69.4 Å². The second kappa shape index (κ2) is 8.73. The van der Waals surface area contributed by atoms with E-state index in [0.29, 0.717) is 19.3 Å². The van der Waals surface area contributed by atoms with E-state index >= 15 is 0 Å². The number of primary amides is 1. The summed E-state index contributed by atoms with van der Waals surface area (Å²) in [5.41, 5.74) is 6.96. The third-order valence-corrected chi connectivity index (χ3v) is 3.51. The number of esters is 1. The lowest BCUT2D eigenvalue weighted by molar-refractivity contribution is -0.147. The maximum atomic E-state index is 12.1. The van der Waals surface area contributed by atoms with E-state index in [9.17, 15) is 9.59 Å². The Bertz CT molecular complexity index is 586. The van der Waals surface area contributed by atoms with E-state index in [1.807, 2.05) is 60.7 Å². The lowest BCUT2D eigenvalue weighted by Crippen LogP contribution is -2.13. The Morgan fingerprint density at radius 1 is 0.826 bits per heavy atom. The lowest BCUT2D eigenvalue weighted by atomic mass is 10.0. The summed E-state index contributed by atoms with van der Waals surface area (Å²) in [5.74, 6) is -0.614. The molecule has 2 rings (SSSR count). The van der Waals surface area contributed by atoms with Crippen LogP contribution in [0.5, 0.6) is 0 Å². The highest BCUT2D eigenvalue weighted by Crippen LogP contribution is 2.26. The number of carbonyl (C=O) groups excluding carboxylic acids is 2. The highest BCUT2D eigenvalue weighted by atomic mass is 16.5. The van der Waals surface area contributed by atoms with Crippen LogP contribution >= 0.6 is 0 Å². The molecule has 0 bridgehead atoms. The van der Waals surface area contributed by atoms with Crippen LogP contribution in [0.25, 0.3) is 0 Å². The molecule has 1 amide bonds. The minimum absolute atomic E-state index is 0.271. The fourth-order valence-corrected chi connectivity index (χ4v) is 2.34. The van der Waals surface area contributed by atoms with Crippen molar-refractivity contribution in [3.8, 4) is 0 Å². The Kier molecular flexibility index (Phi) is 6.36. The van der Waals surface area contributed by atoms with Crippen LogP contribution in [0.15, 0.2) is 60.7 Å². The average molecular weight is 311 g/mol. The Hall–Kier alpha value is -2.62. The van der Waals surface area contributed by atoms with Gasteiger partial charge in [0.25, 0.3) is 0 Å². The highest BCUT2D eigenvalue weighted by Gasteiger charge is 2.18. The number of amides is 1. The zero-order valence-corrected chi connectivity index (χ0v) is 13.0. The Morgan fingerprint density at radius 3 is 1.78 bits per heavy atom. The minimum atomic E-state index is -0.416. The standard InChI is InChI=1S/C19H21NO3/c20-17(21)13-7-8-14-18(22)23-19(15-9-3-1-4-10-15)16-11-5-2-6-12-16/h1-6,9-12,19H,7-8,13-14H2,(H2,20,21). The van der Waals surface area contributed by atoms with Crippen molar-refractivity contribution in [2.75, 3.05) is 0 Å². The molecule has 2 N–H and O–H groups in total. The number of benzene rings is 2. The van der Waals surface area contributed by atoms with Crippen LogP contribution in [0.4, 0.5) is 0 Å². The molecule has 0 atom stereocenters. The number of unbranched alkanes of at least 4 members (excludes halogenated alkanes) is 1. The van der Waals surface area contributed by atoms with Crippen molar-refractivity contribution in [2.24, 2.45) is 5.73 Å². The molecule has 0 aliphatic rings. The van der Waals surface area contributed by atoms with E-state index < -0.39 is 6.10 Å². The van der Waals surface area contributed by atoms with E-state index in [2.05, 4.69) is 0 Å². The monoisotopic (exact) mass is 311 g/mol. The van der Waals surface area contributed by atoms with E-state index in [4.69, 9.17) is 10.5 Å². The second-order valence-corrected chi connectivity index (χ2v) is 5.36. The number of hydrogen-bond acceptors (Lipinski definition) is 3. The molecular weight excluding hydrogens is 290 g/mol. The van der Waals surface area contributed by atoms with Gasteiger partial charge in [-0.3, -0.25) is 9.59 Å². The van der Waals surface area contributed by atoms with Gasteiger partial charge in [-0.2, -0.15) is 0 Å². The molecule has 2 aromatic rings. The quantitative estimate of drug-likeness (QED) is 0.600. The van der Waals surface area contributed by atoms with Crippen LogP contribution in [0.2, 0.25) is 0 Å². The fraction of sp³-hybridized carbons (Fsp3) is 0.263. The smallest absolute Gasteiger partial charge is 0.306 e. The zero-order chi connectivity index (χ0) is 16.5. The van der Waals surface area contributed by atoms with Crippen LogP contribution in [0, 0.1) is 0 Å². The van der Waals surface area contributed by atoms with Crippen LogP contribution < -0.4 is 5.73 Å². The molecule has 0 aliphatic carbocycles. The van der Waals surface area contributed by atoms with Gasteiger partial charge in [-0.15, -0.1) is 0 Å². The van der Waals surface area contributed by atoms with Gasteiger partial charge < -0.3 is 10.5 Å². The molecule has 0 heterocycles. The van der Waals surface area contributed by atoms with Crippen molar-refractivity contribution in [2.45, 2.75) is 31.8 Å². The van der Waals surface area contributed by atoms with Gasteiger partial charge in [-0.1, -0.05) is 60.7 Å². The Labute approximate surface area is 136 Å². The number of hydrogen-bond donors (Lipinski definition) is 1. The van der Waals surface area contributed by atoms with E-state index in [-0.39, 0.29) is 18.3 Å². The fourth-order valence-electron chi connectivity index (χ4n) is 2.34. The number of nitrogens with two attached hydrogens (primary N) is 1. The zero-order valence-electron chi connectivity index (χ0n) is 13.0. The first-order valence-electron chi connectivity index (χ1n) is 7.74. The van der Waals surface area contributed by atoms with Gasteiger partial charge in [-0.05, 0) is 24.0 Å². The molecule has 23 heavy (non-hydrogen) atoms. The van der Waals surface area contributed by atoms with Gasteiger partial charge in [0, 0.05) is 12.8 Å². The molecule has 0 unspecified atom stereocenters. The summed E-state index contributed by atoms with van der Waals surface area (Å²) >= 11 is 0. The summed E-state index contributed by atoms with van der Waals surface area (Å²) in [4.78, 5) is 22.8. The maximum Gasteiger partial charge on any atom is 0.306 e. The molecule has 4 heteroatoms. The molecule has 0 saturated carbocycles. The van der Waals surface area contributed by atoms with E-state index in [1.165, 1.54) is 0 Å². The van der Waals surface area contributed by atoms with Gasteiger partial charge in [0.2, 0.25) is 5.91 Å². The summed E-state index contributed by atoms with van der Waals surface area (Å²) in [5, 5.41) is 0. The Morgan fingerprint density at radius 2 is 1.30 bits per heavy atom. The van der Waals surface area contributed by atoms with Crippen molar-refractivity contribution >= 4 is 11.9 Å². The molecule has 4 nitrogen and oxygen atoms in total. The number of rotatable bonds is 8. The van der Waals surface area contributed by atoms with Crippen molar-refractivity contribution < 1.29 is 14.3 Å². The predicted octanol–water partition coefficient (Wildman–Crippen LogP) is 3.36. The molecule has 2 aromatic carbocycles. The second-order valence-electron chi connectivity index (χ2n) is 5.36. The first-order valence-corrected chi connectivity index (χ1v) is 7.74. The normalized spacial score (nSPS) is 10.5. The molecule has 0 radical (unpaired) electrons. The van der Waals surface area contributed by atoms with Crippen molar-refractivity contribution in [1.29, 1.82) is 0 Å². The van der Waals surface area contributed by atoms with Crippen molar-refractivity contribution in [3.05, 3.63) is 71.8 Å². The SMILES string of the molecule is NC(=O)CCCCC(=O)OC(c1ccccc1)c1ccccc1.